The summed E-state index contributed by atoms with van der Waals surface area (Å²) >= 11 is 0. The second kappa shape index (κ2) is 28.3. The van der Waals surface area contributed by atoms with Crippen LogP contribution in [-0.2, 0) is 19.1 Å². The Balaban J connectivity index is -0.000000260. The van der Waals surface area contributed by atoms with Gasteiger partial charge in [0.2, 0.25) is 0 Å². The minimum Gasteiger partial charge on any atom is -0.550 e. The number of hydrogen-bond acceptors (Lipinski definition) is 9. The molecule has 172 valence electrons. The number of aliphatic hydroxyl groups is 2. The molecular weight excluding hydrogens is 428 g/mol. The zero-order valence-electron chi connectivity index (χ0n) is 19.5. The van der Waals surface area contributed by atoms with Crippen molar-refractivity contribution in [2.45, 2.75) is 96.1 Å². The fourth-order valence-electron chi connectivity index (χ4n) is 2.29. The molecule has 0 spiro atoms. The molecule has 0 aliphatic heterocycles. The van der Waals surface area contributed by atoms with Gasteiger partial charge in [-0.1, -0.05) is 58.3 Å². The fourth-order valence-corrected chi connectivity index (χ4v) is 2.29. The smallest absolute Gasteiger partial charge is 0.550 e. The van der Waals surface area contributed by atoms with Crippen LogP contribution >= 0.6 is 0 Å². The van der Waals surface area contributed by atoms with Crippen molar-refractivity contribution in [1.29, 1.82) is 0 Å². The van der Waals surface area contributed by atoms with Crippen LogP contribution in [0.2, 0.25) is 0 Å². The molecule has 0 aliphatic rings. The fraction of sp³-hybridized carbons (Fsp3) is 0.850. The van der Waals surface area contributed by atoms with Crippen molar-refractivity contribution >= 4 is 17.9 Å². The zero-order chi connectivity index (χ0) is 22.5. The molecule has 0 radical (unpaired) electrons. The van der Waals surface area contributed by atoms with Gasteiger partial charge in [0, 0.05) is 18.4 Å². The minimum absolute atomic E-state index is 0. The molecule has 2 unspecified atom stereocenters. The summed E-state index contributed by atoms with van der Waals surface area (Å²) in [6.07, 6.45) is 9.90. The van der Waals surface area contributed by atoms with Gasteiger partial charge in [0.15, 0.2) is 0 Å². The maximum absolute atomic E-state index is 11.3. The molecule has 0 rings (SSSR count). The van der Waals surface area contributed by atoms with E-state index in [4.69, 9.17) is 20.7 Å². The monoisotopic (exact) mass is 465 g/mol. The molecule has 0 aromatic rings. The Labute approximate surface area is 230 Å². The quantitative estimate of drug-likeness (QED) is 0.107. The van der Waals surface area contributed by atoms with Gasteiger partial charge in [-0.25, -0.2) is 0 Å². The van der Waals surface area contributed by atoms with Crippen molar-refractivity contribution in [1.82, 2.24) is 0 Å². The molecule has 9 nitrogen and oxygen atoms in total. The SMILES string of the molecule is CCCCCCCCCCCC(=O)OCC(O)CO.NC(CCC(=O)[O-])C(=O)[O-].[Na+].[Na+]. The number of hydrogen-bond donors (Lipinski definition) is 3. The van der Waals surface area contributed by atoms with Gasteiger partial charge in [-0.05, 0) is 19.3 Å². The van der Waals surface area contributed by atoms with E-state index in [1.807, 2.05) is 0 Å². The summed E-state index contributed by atoms with van der Waals surface area (Å²) in [4.78, 5) is 30.9. The van der Waals surface area contributed by atoms with E-state index in [2.05, 4.69) is 6.92 Å². The predicted octanol–water partition coefficient (Wildman–Crippen LogP) is -6.59. The van der Waals surface area contributed by atoms with E-state index < -0.39 is 24.1 Å². The van der Waals surface area contributed by atoms with E-state index >= 15 is 0 Å². The Bertz CT molecular complexity index is 441. The Morgan fingerprint density at radius 1 is 0.903 bits per heavy atom. The molecule has 0 amide bonds. The van der Waals surface area contributed by atoms with E-state index in [9.17, 15) is 24.6 Å². The number of carbonyl (C=O) groups is 3. The number of aliphatic hydroxyl groups excluding tert-OH is 2. The largest absolute Gasteiger partial charge is 1.00 e. The van der Waals surface area contributed by atoms with Crippen LogP contribution in [0.15, 0.2) is 0 Å². The summed E-state index contributed by atoms with van der Waals surface area (Å²) in [5, 5.41) is 37.2. The third kappa shape index (κ3) is 32.6. The van der Waals surface area contributed by atoms with Gasteiger partial charge in [-0.3, -0.25) is 4.79 Å². The van der Waals surface area contributed by atoms with E-state index in [0.29, 0.717) is 6.42 Å². The average molecular weight is 465 g/mol. The van der Waals surface area contributed by atoms with Gasteiger partial charge >= 0.3 is 65.1 Å². The van der Waals surface area contributed by atoms with Gasteiger partial charge in [0.05, 0.1) is 12.6 Å². The molecule has 2 atom stereocenters. The number of aliphatic carboxylic acids is 2. The summed E-state index contributed by atoms with van der Waals surface area (Å²) in [5.41, 5.74) is 4.91. The summed E-state index contributed by atoms with van der Waals surface area (Å²) in [7, 11) is 0. The topological polar surface area (TPSA) is 173 Å². The van der Waals surface area contributed by atoms with Crippen LogP contribution in [0, 0.1) is 0 Å². The molecule has 31 heavy (non-hydrogen) atoms. The number of carboxylic acids is 2. The molecule has 0 saturated carbocycles. The van der Waals surface area contributed by atoms with Crippen molar-refractivity contribution in [3.63, 3.8) is 0 Å². The molecule has 0 heterocycles. The van der Waals surface area contributed by atoms with Gasteiger partial charge in [0.1, 0.15) is 12.7 Å². The van der Waals surface area contributed by atoms with Crippen LogP contribution in [0.4, 0.5) is 0 Å². The standard InChI is InChI=1S/C15H30O4.C5H9NO4.2Na/c1-2-3-4-5-6-7-8-9-10-11-15(18)19-13-14(17)12-16;6-3(5(9)10)1-2-4(7)8;;/h14,16-17H,2-13H2,1H3;3H,1-2,6H2,(H,7,8)(H,9,10);;/q;;2*+1/p-2. The zero-order valence-corrected chi connectivity index (χ0v) is 23.5. The van der Waals surface area contributed by atoms with Gasteiger partial charge < -0.3 is 40.5 Å². The minimum atomic E-state index is -1.44. The van der Waals surface area contributed by atoms with Gasteiger partial charge in [-0.15, -0.1) is 0 Å². The normalized spacial score (nSPS) is 11.6. The molecule has 4 N–H and O–H groups in total. The Hall–Kier alpha value is 0.290. The van der Waals surface area contributed by atoms with Crippen molar-refractivity contribution in [2.75, 3.05) is 13.2 Å². The van der Waals surface area contributed by atoms with Crippen molar-refractivity contribution in [2.24, 2.45) is 5.73 Å². The first kappa shape index (κ1) is 38.5. The van der Waals surface area contributed by atoms with Crippen molar-refractivity contribution in [3.8, 4) is 0 Å². The predicted molar refractivity (Wildman–Crippen MR) is 103 cm³/mol. The third-order valence-corrected chi connectivity index (χ3v) is 4.09. The van der Waals surface area contributed by atoms with Gasteiger partial charge in [0.25, 0.3) is 0 Å². The van der Waals surface area contributed by atoms with Crippen molar-refractivity contribution in [3.05, 3.63) is 0 Å². The summed E-state index contributed by atoms with van der Waals surface area (Å²) in [6.45, 7) is 1.75. The first-order valence-corrected chi connectivity index (χ1v) is 10.3. The van der Waals surface area contributed by atoms with E-state index in [0.717, 1.165) is 12.8 Å². The van der Waals surface area contributed by atoms with Crippen LogP contribution < -0.4 is 75.1 Å². The number of carboxylic acid groups (broad SMARTS) is 2. The first-order chi connectivity index (χ1) is 13.7. The van der Waals surface area contributed by atoms with E-state index in [1.165, 1.54) is 44.9 Å². The number of nitrogens with two attached hydrogens (primary N) is 1. The number of unbranched alkanes of at least 4 members (excludes halogenated alkanes) is 8. The van der Waals surface area contributed by atoms with Crippen LogP contribution in [-0.4, -0.2) is 53.5 Å². The summed E-state index contributed by atoms with van der Waals surface area (Å²) in [6, 6.07) is -1.21. The van der Waals surface area contributed by atoms with Crippen LogP contribution in [0.3, 0.4) is 0 Å². The molecule has 0 bridgehead atoms. The molecular formula is C20H37NNa2O8. The number of rotatable bonds is 17. The summed E-state index contributed by atoms with van der Waals surface area (Å²) < 4.78 is 4.82. The van der Waals surface area contributed by atoms with Crippen LogP contribution in [0.1, 0.15) is 84.0 Å². The molecule has 0 saturated heterocycles. The molecule has 0 fully saturated rings. The summed E-state index contributed by atoms with van der Waals surface area (Å²) in [5.74, 6) is -3.03. The van der Waals surface area contributed by atoms with E-state index in [-0.39, 0.29) is 91.1 Å². The Morgan fingerprint density at radius 3 is 1.81 bits per heavy atom. The first-order valence-electron chi connectivity index (χ1n) is 10.3. The van der Waals surface area contributed by atoms with Crippen LogP contribution in [0.25, 0.3) is 0 Å². The van der Waals surface area contributed by atoms with Crippen molar-refractivity contribution < 1.29 is 98.7 Å². The number of carbonyl (C=O) groups excluding carboxylic acids is 3. The Kier molecular flexibility index (Phi) is 35.2. The molecule has 0 aromatic heterocycles. The third-order valence-electron chi connectivity index (χ3n) is 4.09. The van der Waals surface area contributed by atoms with Crippen LogP contribution in [0.5, 0.6) is 0 Å². The van der Waals surface area contributed by atoms with Gasteiger partial charge in [-0.2, -0.15) is 0 Å². The maximum Gasteiger partial charge on any atom is 1.00 e. The molecule has 0 aromatic carbocycles. The average Bonchev–Trinajstić information content (AvgIpc) is 2.69. The second-order valence-corrected chi connectivity index (χ2v) is 6.93. The van der Waals surface area contributed by atoms with E-state index in [1.54, 1.807) is 0 Å². The number of ether oxygens (including phenoxy) is 1. The maximum atomic E-state index is 11.3. The number of esters is 1. The Morgan fingerprint density at radius 2 is 1.39 bits per heavy atom. The second-order valence-electron chi connectivity index (χ2n) is 6.93. The molecule has 0 aliphatic carbocycles. The molecule has 11 heteroatoms.